The number of carbonyl (C=O) groups is 2. The lowest BCUT2D eigenvalue weighted by Gasteiger charge is -2.27. The number of hydrogen-bond acceptors (Lipinski definition) is 6. The van der Waals surface area contributed by atoms with Crippen molar-refractivity contribution in [3.8, 4) is 0 Å². The molecule has 0 saturated carbocycles. The number of likely N-dealkylation sites (tertiary alicyclic amines) is 1. The average molecular weight is 490 g/mol. The Hall–Kier alpha value is -2.29. The fourth-order valence-electron chi connectivity index (χ4n) is 4.86. The first-order chi connectivity index (χ1) is 16.4. The van der Waals surface area contributed by atoms with Crippen molar-refractivity contribution < 1.29 is 14.3 Å². The highest BCUT2D eigenvalue weighted by Gasteiger charge is 2.34. The molecule has 2 saturated heterocycles. The van der Waals surface area contributed by atoms with Crippen LogP contribution in [0.3, 0.4) is 0 Å². The molecule has 0 radical (unpaired) electrons. The van der Waals surface area contributed by atoms with Crippen LogP contribution in [0.2, 0.25) is 5.02 Å². The Kier molecular flexibility index (Phi) is 8.34. The second-order valence-electron chi connectivity index (χ2n) is 9.69. The molecule has 0 aromatic heterocycles. The first-order valence-electron chi connectivity index (χ1n) is 12.3. The van der Waals surface area contributed by atoms with Gasteiger partial charge in [0.25, 0.3) is 5.91 Å². The normalized spacial score (nSPS) is 23.2. The third-order valence-corrected chi connectivity index (χ3v) is 6.85. The van der Waals surface area contributed by atoms with E-state index in [-0.39, 0.29) is 30.6 Å². The van der Waals surface area contributed by atoms with Gasteiger partial charge in [-0.2, -0.15) is 0 Å². The van der Waals surface area contributed by atoms with Crippen molar-refractivity contribution in [2.45, 2.75) is 38.9 Å². The van der Waals surface area contributed by atoms with Crippen LogP contribution in [0.5, 0.6) is 0 Å². The molecule has 2 atom stereocenters. The SMILES string of the molecule is CC(C)NC(=O)CN1C=C(C(=O)N2CCC(CCN3CCOCC3)C2)NC1c1cccc(Cl)c1. The van der Waals surface area contributed by atoms with Crippen molar-refractivity contribution in [3.63, 3.8) is 0 Å². The predicted octanol–water partition coefficient (Wildman–Crippen LogP) is 2.18. The molecule has 3 aliphatic rings. The van der Waals surface area contributed by atoms with Crippen LogP contribution in [0.4, 0.5) is 0 Å². The molecule has 9 heteroatoms. The van der Waals surface area contributed by atoms with Crippen LogP contribution < -0.4 is 10.6 Å². The highest BCUT2D eigenvalue weighted by atomic mass is 35.5. The van der Waals surface area contributed by atoms with Crippen LogP contribution >= 0.6 is 11.6 Å². The van der Waals surface area contributed by atoms with E-state index in [0.29, 0.717) is 16.6 Å². The van der Waals surface area contributed by atoms with Gasteiger partial charge in [0.05, 0.1) is 19.8 Å². The summed E-state index contributed by atoms with van der Waals surface area (Å²) in [4.78, 5) is 32.1. The summed E-state index contributed by atoms with van der Waals surface area (Å²) in [5.41, 5.74) is 1.44. The second kappa shape index (κ2) is 11.4. The molecule has 2 N–H and O–H groups in total. The van der Waals surface area contributed by atoms with E-state index in [1.54, 1.807) is 6.20 Å². The maximum Gasteiger partial charge on any atom is 0.271 e. The van der Waals surface area contributed by atoms with E-state index < -0.39 is 0 Å². The molecule has 186 valence electrons. The Balaban J connectivity index is 1.38. The van der Waals surface area contributed by atoms with Crippen molar-refractivity contribution >= 4 is 23.4 Å². The van der Waals surface area contributed by atoms with Gasteiger partial charge in [0.1, 0.15) is 11.9 Å². The topological polar surface area (TPSA) is 77.2 Å². The molecule has 0 spiro atoms. The number of benzene rings is 1. The highest BCUT2D eigenvalue weighted by molar-refractivity contribution is 6.30. The smallest absolute Gasteiger partial charge is 0.271 e. The summed E-state index contributed by atoms with van der Waals surface area (Å²) in [6, 6.07) is 7.57. The fourth-order valence-corrected chi connectivity index (χ4v) is 5.06. The first-order valence-corrected chi connectivity index (χ1v) is 12.6. The van der Waals surface area contributed by atoms with Gasteiger partial charge in [0.2, 0.25) is 5.91 Å². The van der Waals surface area contributed by atoms with Gasteiger partial charge in [0.15, 0.2) is 0 Å². The molecule has 4 rings (SSSR count). The second-order valence-corrected chi connectivity index (χ2v) is 10.1. The first kappa shape index (κ1) is 24.8. The molecule has 0 aliphatic carbocycles. The van der Waals surface area contributed by atoms with E-state index in [2.05, 4.69) is 15.5 Å². The minimum absolute atomic E-state index is 0.00679. The summed E-state index contributed by atoms with van der Waals surface area (Å²) in [5.74, 6) is 0.427. The molecule has 1 aromatic rings. The third-order valence-electron chi connectivity index (χ3n) is 6.62. The van der Waals surface area contributed by atoms with E-state index in [9.17, 15) is 9.59 Å². The number of halogens is 1. The lowest BCUT2D eigenvalue weighted by atomic mass is 10.0. The largest absolute Gasteiger partial charge is 0.379 e. The van der Waals surface area contributed by atoms with Crippen LogP contribution in [0.1, 0.15) is 38.4 Å². The lowest BCUT2D eigenvalue weighted by molar-refractivity contribution is -0.126. The van der Waals surface area contributed by atoms with Crippen molar-refractivity contribution in [1.82, 2.24) is 25.3 Å². The summed E-state index contributed by atoms with van der Waals surface area (Å²) in [7, 11) is 0. The Labute approximate surface area is 207 Å². The molecule has 2 fully saturated rings. The van der Waals surface area contributed by atoms with Gasteiger partial charge >= 0.3 is 0 Å². The zero-order chi connectivity index (χ0) is 24.1. The summed E-state index contributed by atoms with van der Waals surface area (Å²) >= 11 is 6.22. The minimum atomic E-state index is -0.324. The van der Waals surface area contributed by atoms with Crippen LogP contribution in [-0.4, -0.2) is 85.0 Å². The standard InChI is InChI=1S/C25H36ClN5O3/c1-18(2)27-23(32)17-31-16-22(28-24(31)20-4-3-5-21(26)14-20)25(33)30-9-7-19(15-30)6-8-29-10-12-34-13-11-29/h3-5,14,16,18-19,24,28H,6-13,15,17H2,1-2H3,(H,27,32). The highest BCUT2D eigenvalue weighted by Crippen LogP contribution is 2.29. The summed E-state index contributed by atoms with van der Waals surface area (Å²) in [5, 5.41) is 6.90. The van der Waals surface area contributed by atoms with E-state index in [4.69, 9.17) is 16.3 Å². The number of nitrogens with one attached hydrogen (secondary N) is 2. The summed E-state index contributed by atoms with van der Waals surface area (Å²) < 4.78 is 5.43. The van der Waals surface area contributed by atoms with Gasteiger partial charge in [-0.15, -0.1) is 0 Å². The van der Waals surface area contributed by atoms with Gasteiger partial charge in [-0.05, 0) is 56.8 Å². The molecule has 8 nitrogen and oxygen atoms in total. The maximum absolute atomic E-state index is 13.4. The van der Waals surface area contributed by atoms with E-state index in [1.807, 2.05) is 47.9 Å². The summed E-state index contributed by atoms with van der Waals surface area (Å²) in [6.45, 7) is 10.2. The fraction of sp³-hybridized carbons (Fsp3) is 0.600. The number of nitrogens with zero attached hydrogens (tertiary/aromatic N) is 3. The van der Waals surface area contributed by atoms with Gasteiger partial charge in [0, 0.05) is 43.4 Å². The average Bonchev–Trinajstić information content (AvgIpc) is 3.45. The molecular formula is C25H36ClN5O3. The van der Waals surface area contributed by atoms with Gasteiger partial charge in [-0.25, -0.2) is 0 Å². The molecule has 3 aliphatic heterocycles. The number of ether oxygens (including phenoxy) is 1. The molecule has 2 unspecified atom stereocenters. The molecule has 2 amide bonds. The number of hydrogen-bond donors (Lipinski definition) is 2. The van der Waals surface area contributed by atoms with Gasteiger partial charge < -0.3 is 25.2 Å². The monoisotopic (exact) mass is 489 g/mol. The zero-order valence-electron chi connectivity index (χ0n) is 20.1. The van der Waals surface area contributed by atoms with Crippen molar-refractivity contribution in [2.75, 3.05) is 52.5 Å². The van der Waals surface area contributed by atoms with Crippen LogP contribution in [0.25, 0.3) is 0 Å². The molecular weight excluding hydrogens is 454 g/mol. The molecule has 3 heterocycles. The molecule has 0 bridgehead atoms. The Bertz CT molecular complexity index is 902. The van der Waals surface area contributed by atoms with E-state index in [0.717, 1.165) is 64.3 Å². The molecule has 34 heavy (non-hydrogen) atoms. The van der Waals surface area contributed by atoms with E-state index in [1.165, 1.54) is 0 Å². The summed E-state index contributed by atoms with van der Waals surface area (Å²) in [6.07, 6.45) is 3.59. The minimum Gasteiger partial charge on any atom is -0.379 e. The van der Waals surface area contributed by atoms with Crippen LogP contribution in [0, 0.1) is 5.92 Å². The Morgan fingerprint density at radius 1 is 1.24 bits per heavy atom. The molecule has 1 aromatic carbocycles. The predicted molar refractivity (Wildman–Crippen MR) is 132 cm³/mol. The van der Waals surface area contributed by atoms with Gasteiger partial charge in [-0.1, -0.05) is 23.7 Å². The number of amides is 2. The number of morpholine rings is 1. The van der Waals surface area contributed by atoms with Gasteiger partial charge in [-0.3, -0.25) is 14.5 Å². The number of rotatable bonds is 8. The van der Waals surface area contributed by atoms with Crippen molar-refractivity contribution in [3.05, 3.63) is 46.7 Å². The Morgan fingerprint density at radius 2 is 2.03 bits per heavy atom. The van der Waals surface area contributed by atoms with Crippen LogP contribution in [0.15, 0.2) is 36.2 Å². The van der Waals surface area contributed by atoms with Crippen LogP contribution in [-0.2, 0) is 14.3 Å². The zero-order valence-corrected chi connectivity index (χ0v) is 20.9. The Morgan fingerprint density at radius 3 is 2.76 bits per heavy atom. The van der Waals surface area contributed by atoms with E-state index >= 15 is 0 Å². The maximum atomic E-state index is 13.4. The van der Waals surface area contributed by atoms with Crippen molar-refractivity contribution in [2.24, 2.45) is 5.92 Å². The third kappa shape index (κ3) is 6.43. The van der Waals surface area contributed by atoms with Crippen molar-refractivity contribution in [1.29, 1.82) is 0 Å². The quantitative estimate of drug-likeness (QED) is 0.583. The number of carbonyl (C=O) groups excluding carboxylic acids is 2. The lowest BCUT2D eigenvalue weighted by Crippen LogP contribution is -2.40.